The molecule has 2 aromatic rings. The van der Waals surface area contributed by atoms with E-state index in [0.29, 0.717) is 10.8 Å². The number of anilines is 1. The summed E-state index contributed by atoms with van der Waals surface area (Å²) in [6.07, 6.45) is 1.58. The first kappa shape index (κ1) is 15.0. The van der Waals surface area contributed by atoms with Crippen molar-refractivity contribution < 1.29 is 14.4 Å². The van der Waals surface area contributed by atoms with Gasteiger partial charge >= 0.3 is 7.60 Å². The highest BCUT2D eigenvalue weighted by Crippen LogP contribution is 2.40. The summed E-state index contributed by atoms with van der Waals surface area (Å²) in [4.78, 5) is 22.2. The molecule has 0 saturated heterocycles. The van der Waals surface area contributed by atoms with Crippen molar-refractivity contribution in [1.29, 1.82) is 0 Å². The van der Waals surface area contributed by atoms with Gasteiger partial charge in [0.25, 0.3) is 0 Å². The number of hydrogen-bond donors (Lipinski definition) is 3. The molecule has 2 rings (SSSR count). The third-order valence-corrected chi connectivity index (χ3v) is 4.19. The van der Waals surface area contributed by atoms with Crippen LogP contribution < -0.4 is 5.32 Å². The van der Waals surface area contributed by atoms with Gasteiger partial charge in [-0.2, -0.15) is 0 Å². The fraction of sp³-hybridized carbons (Fsp3) is 0.154. The third-order valence-electron chi connectivity index (χ3n) is 2.80. The van der Waals surface area contributed by atoms with Crippen molar-refractivity contribution in [2.24, 2.45) is 0 Å². The number of nitrogens with zero attached hydrogens (tertiary/aromatic N) is 1. The van der Waals surface area contributed by atoms with Crippen molar-refractivity contribution in [3.8, 4) is 11.1 Å². The van der Waals surface area contributed by atoms with Crippen LogP contribution in [0.1, 0.15) is 6.92 Å². The van der Waals surface area contributed by atoms with Gasteiger partial charge in [0.05, 0.1) is 0 Å². The smallest absolute Gasteiger partial charge is 0.347 e. The molecule has 20 heavy (non-hydrogen) atoms. The van der Waals surface area contributed by atoms with Crippen molar-refractivity contribution in [1.82, 2.24) is 4.98 Å². The predicted octanol–water partition coefficient (Wildman–Crippen LogP) is 3.34. The highest BCUT2D eigenvalue weighted by molar-refractivity contribution is 7.52. The van der Waals surface area contributed by atoms with Crippen LogP contribution in [0.15, 0.2) is 42.6 Å². The quantitative estimate of drug-likeness (QED) is 0.754. The summed E-state index contributed by atoms with van der Waals surface area (Å²) in [5, 5.41) is 3.35. The highest BCUT2D eigenvalue weighted by atomic mass is 35.5. The van der Waals surface area contributed by atoms with Crippen LogP contribution in [-0.2, 0) is 4.57 Å². The summed E-state index contributed by atoms with van der Waals surface area (Å²) >= 11 is 5.84. The molecule has 0 aliphatic rings. The van der Waals surface area contributed by atoms with Gasteiger partial charge in [0, 0.05) is 11.2 Å². The molecule has 0 bridgehead atoms. The van der Waals surface area contributed by atoms with E-state index in [4.69, 9.17) is 21.4 Å². The lowest BCUT2D eigenvalue weighted by atomic mass is 10.1. The zero-order chi connectivity index (χ0) is 14.8. The lowest BCUT2D eigenvalue weighted by Crippen LogP contribution is -2.15. The molecule has 0 fully saturated rings. The largest absolute Gasteiger partial charge is 0.356 e. The molecule has 0 aliphatic heterocycles. The second kappa shape index (κ2) is 5.94. The monoisotopic (exact) mass is 312 g/mol. The van der Waals surface area contributed by atoms with Crippen LogP contribution in [0, 0.1) is 0 Å². The average molecular weight is 313 g/mol. The molecule has 0 saturated carbocycles. The topological polar surface area (TPSA) is 82.5 Å². The van der Waals surface area contributed by atoms with Crippen LogP contribution in [-0.4, -0.2) is 20.6 Å². The molecule has 0 spiro atoms. The number of pyridine rings is 1. The average Bonchev–Trinajstić information content (AvgIpc) is 2.39. The summed E-state index contributed by atoms with van der Waals surface area (Å²) < 4.78 is 11.1. The minimum Gasteiger partial charge on any atom is -0.356 e. The van der Waals surface area contributed by atoms with Gasteiger partial charge in [0.15, 0.2) is 0 Å². The van der Waals surface area contributed by atoms with Gasteiger partial charge in [0.1, 0.15) is 11.6 Å². The van der Waals surface area contributed by atoms with Crippen LogP contribution in [0.4, 0.5) is 5.82 Å². The zero-order valence-corrected chi connectivity index (χ0v) is 12.3. The van der Waals surface area contributed by atoms with Gasteiger partial charge in [-0.05, 0) is 42.3 Å². The molecular formula is C13H14ClN2O3P. The molecule has 1 unspecified atom stereocenters. The maximum atomic E-state index is 11.1. The van der Waals surface area contributed by atoms with Crippen LogP contribution in [0.2, 0.25) is 5.02 Å². The lowest BCUT2D eigenvalue weighted by molar-refractivity contribution is 0.364. The van der Waals surface area contributed by atoms with Crippen LogP contribution >= 0.6 is 19.2 Å². The number of hydrogen-bond acceptors (Lipinski definition) is 3. The minimum atomic E-state index is -4.18. The van der Waals surface area contributed by atoms with E-state index in [1.165, 1.54) is 6.92 Å². The van der Waals surface area contributed by atoms with Crippen molar-refractivity contribution >= 4 is 25.0 Å². The summed E-state index contributed by atoms with van der Waals surface area (Å²) in [7, 11) is -4.18. The first-order valence-electron chi connectivity index (χ1n) is 5.90. The minimum absolute atomic E-state index is 0.410. The zero-order valence-electron chi connectivity index (χ0n) is 10.7. The van der Waals surface area contributed by atoms with Gasteiger partial charge in [-0.15, -0.1) is 0 Å². The molecule has 106 valence electrons. The second-order valence-electron chi connectivity index (χ2n) is 4.35. The molecule has 0 aliphatic carbocycles. The fourth-order valence-corrected chi connectivity index (χ4v) is 2.06. The standard InChI is InChI=1S/C13H14ClN2O3P/c1-9(20(17,18)19)16-13-8-11(6-7-15-13)10-2-4-12(14)5-3-10/h2-9H,1H3,(H,15,16)(H2,17,18,19). The van der Waals surface area contributed by atoms with Crippen LogP contribution in [0.3, 0.4) is 0 Å². The summed E-state index contributed by atoms with van der Waals surface area (Å²) in [6.45, 7) is 1.41. The Hall–Kier alpha value is -1.39. The van der Waals surface area contributed by atoms with E-state index in [0.717, 1.165) is 11.1 Å². The maximum absolute atomic E-state index is 11.1. The van der Waals surface area contributed by atoms with E-state index >= 15 is 0 Å². The van der Waals surface area contributed by atoms with Crippen molar-refractivity contribution in [2.75, 3.05) is 5.32 Å². The molecule has 0 radical (unpaired) electrons. The number of aromatic nitrogens is 1. The van der Waals surface area contributed by atoms with E-state index in [9.17, 15) is 4.57 Å². The van der Waals surface area contributed by atoms with Gasteiger partial charge < -0.3 is 15.1 Å². The Morgan fingerprint density at radius 3 is 2.45 bits per heavy atom. The van der Waals surface area contributed by atoms with Crippen molar-refractivity contribution in [2.45, 2.75) is 12.7 Å². The molecule has 0 amide bonds. The Balaban J connectivity index is 2.24. The molecule has 1 heterocycles. The number of rotatable bonds is 4. The molecule has 3 N–H and O–H groups in total. The summed E-state index contributed by atoms with van der Waals surface area (Å²) in [6, 6.07) is 10.8. The van der Waals surface area contributed by atoms with Crippen molar-refractivity contribution in [3.63, 3.8) is 0 Å². The Morgan fingerprint density at radius 2 is 1.85 bits per heavy atom. The Morgan fingerprint density at radius 1 is 1.20 bits per heavy atom. The normalized spacial score (nSPS) is 13.0. The second-order valence-corrected chi connectivity index (χ2v) is 6.74. The molecule has 7 heteroatoms. The Labute approximate surface area is 121 Å². The van der Waals surface area contributed by atoms with E-state index in [-0.39, 0.29) is 0 Å². The number of benzene rings is 1. The van der Waals surface area contributed by atoms with Gasteiger partial charge in [0.2, 0.25) is 0 Å². The third kappa shape index (κ3) is 3.81. The van der Waals surface area contributed by atoms with Gasteiger partial charge in [-0.3, -0.25) is 4.57 Å². The van der Waals surface area contributed by atoms with Gasteiger partial charge in [-0.25, -0.2) is 4.98 Å². The van der Waals surface area contributed by atoms with E-state index < -0.39 is 13.4 Å². The van der Waals surface area contributed by atoms with Crippen molar-refractivity contribution in [3.05, 3.63) is 47.6 Å². The SMILES string of the molecule is CC(Nc1cc(-c2ccc(Cl)cc2)ccn1)P(=O)(O)O. The maximum Gasteiger partial charge on any atom is 0.347 e. The fourth-order valence-electron chi connectivity index (χ4n) is 1.63. The molecule has 1 aromatic heterocycles. The first-order valence-corrected chi connectivity index (χ1v) is 7.96. The Kier molecular flexibility index (Phi) is 4.45. The first-order chi connectivity index (χ1) is 9.36. The molecule has 5 nitrogen and oxygen atoms in total. The van der Waals surface area contributed by atoms with E-state index in [1.807, 2.05) is 18.2 Å². The summed E-state index contributed by atoms with van der Waals surface area (Å²) in [5.41, 5.74) is 1.83. The molecule has 1 aromatic carbocycles. The highest BCUT2D eigenvalue weighted by Gasteiger charge is 2.23. The summed E-state index contributed by atoms with van der Waals surface area (Å²) in [5.74, 6) is -0.580. The Bertz CT molecular complexity index is 642. The number of halogens is 1. The van der Waals surface area contributed by atoms with Gasteiger partial charge in [-0.1, -0.05) is 23.7 Å². The predicted molar refractivity (Wildman–Crippen MR) is 79.8 cm³/mol. The van der Waals surface area contributed by atoms with Crippen LogP contribution in [0.25, 0.3) is 11.1 Å². The molecule has 1 atom stereocenters. The number of nitrogens with one attached hydrogen (secondary N) is 1. The molecular weight excluding hydrogens is 299 g/mol. The van der Waals surface area contributed by atoms with Crippen LogP contribution in [0.5, 0.6) is 0 Å². The van der Waals surface area contributed by atoms with E-state index in [1.54, 1.807) is 24.4 Å². The van der Waals surface area contributed by atoms with E-state index in [2.05, 4.69) is 10.3 Å². The lowest BCUT2D eigenvalue weighted by Gasteiger charge is -2.16.